The standard InChI is InChI=1S/C15H18FNO3/c1-2-17(11-6-3-5-10(16)9-11)14(18)12-7-4-8-13(12)15(19)20/h3,5-6,9,12-13H,2,4,7-8H2,1H3,(H,19,20)/t12-,13+/m1/s1. The molecule has 0 radical (unpaired) electrons. The molecule has 0 aromatic heterocycles. The van der Waals surface area contributed by atoms with Gasteiger partial charge in [-0.1, -0.05) is 12.5 Å². The molecule has 0 bridgehead atoms. The number of carbonyl (C=O) groups excluding carboxylic acids is 1. The zero-order valence-electron chi connectivity index (χ0n) is 11.4. The zero-order valence-corrected chi connectivity index (χ0v) is 11.4. The van der Waals surface area contributed by atoms with E-state index in [1.54, 1.807) is 19.1 Å². The molecule has 1 fully saturated rings. The van der Waals surface area contributed by atoms with Crippen LogP contribution < -0.4 is 4.90 Å². The first-order chi connectivity index (χ1) is 9.54. The quantitative estimate of drug-likeness (QED) is 0.921. The predicted molar refractivity (Wildman–Crippen MR) is 72.9 cm³/mol. The average molecular weight is 279 g/mol. The fourth-order valence-electron chi connectivity index (χ4n) is 2.86. The van der Waals surface area contributed by atoms with E-state index < -0.39 is 23.6 Å². The average Bonchev–Trinajstić information content (AvgIpc) is 2.89. The van der Waals surface area contributed by atoms with Gasteiger partial charge in [-0.15, -0.1) is 0 Å². The molecule has 1 aromatic rings. The van der Waals surface area contributed by atoms with E-state index in [1.807, 2.05) is 0 Å². The molecule has 0 heterocycles. The van der Waals surface area contributed by atoms with Crippen LogP contribution in [0.4, 0.5) is 10.1 Å². The van der Waals surface area contributed by atoms with E-state index in [1.165, 1.54) is 17.0 Å². The van der Waals surface area contributed by atoms with Crippen molar-refractivity contribution in [3.63, 3.8) is 0 Å². The van der Waals surface area contributed by atoms with Crippen molar-refractivity contribution in [2.75, 3.05) is 11.4 Å². The molecule has 0 aliphatic heterocycles. The number of amides is 1. The molecule has 20 heavy (non-hydrogen) atoms. The van der Waals surface area contributed by atoms with Gasteiger partial charge in [0.15, 0.2) is 0 Å². The Morgan fingerprint density at radius 3 is 2.65 bits per heavy atom. The molecule has 0 unspecified atom stereocenters. The molecule has 1 aromatic carbocycles. The van der Waals surface area contributed by atoms with Crippen molar-refractivity contribution in [3.05, 3.63) is 30.1 Å². The van der Waals surface area contributed by atoms with E-state index in [2.05, 4.69) is 0 Å². The highest BCUT2D eigenvalue weighted by Gasteiger charge is 2.39. The molecule has 108 valence electrons. The van der Waals surface area contributed by atoms with Gasteiger partial charge in [-0.3, -0.25) is 9.59 Å². The minimum Gasteiger partial charge on any atom is -0.481 e. The molecular formula is C15H18FNO3. The summed E-state index contributed by atoms with van der Waals surface area (Å²) in [6.07, 6.45) is 1.86. The number of carboxylic acid groups (broad SMARTS) is 1. The summed E-state index contributed by atoms with van der Waals surface area (Å²) in [4.78, 5) is 25.2. The Labute approximate surface area is 117 Å². The van der Waals surface area contributed by atoms with Gasteiger partial charge in [-0.2, -0.15) is 0 Å². The number of hydrogen-bond donors (Lipinski definition) is 1. The zero-order chi connectivity index (χ0) is 14.7. The third kappa shape index (κ3) is 2.81. The van der Waals surface area contributed by atoms with E-state index in [0.717, 1.165) is 6.42 Å². The third-order valence-corrected chi connectivity index (χ3v) is 3.85. The minimum atomic E-state index is -0.920. The Balaban J connectivity index is 2.23. The van der Waals surface area contributed by atoms with Gasteiger partial charge in [-0.25, -0.2) is 4.39 Å². The van der Waals surface area contributed by atoms with Gasteiger partial charge in [0.2, 0.25) is 5.91 Å². The molecule has 2 atom stereocenters. The van der Waals surface area contributed by atoms with Gasteiger partial charge in [0.1, 0.15) is 5.82 Å². The summed E-state index contributed by atoms with van der Waals surface area (Å²) in [6, 6.07) is 5.82. The van der Waals surface area contributed by atoms with Crippen LogP contribution in [0.5, 0.6) is 0 Å². The Kier molecular flexibility index (Phi) is 4.37. The first-order valence-electron chi connectivity index (χ1n) is 6.84. The summed E-state index contributed by atoms with van der Waals surface area (Å²) >= 11 is 0. The number of carboxylic acids is 1. The number of rotatable bonds is 4. The molecule has 1 saturated carbocycles. The predicted octanol–water partition coefficient (Wildman–Crippen LogP) is 2.68. The molecule has 0 spiro atoms. The van der Waals surface area contributed by atoms with E-state index in [0.29, 0.717) is 25.1 Å². The van der Waals surface area contributed by atoms with E-state index in [9.17, 15) is 19.1 Å². The number of aliphatic carboxylic acids is 1. The Morgan fingerprint density at radius 2 is 2.05 bits per heavy atom. The van der Waals surface area contributed by atoms with Crippen molar-refractivity contribution in [2.45, 2.75) is 26.2 Å². The van der Waals surface area contributed by atoms with Gasteiger partial charge >= 0.3 is 5.97 Å². The van der Waals surface area contributed by atoms with Crippen LogP contribution in [0.2, 0.25) is 0 Å². The summed E-state index contributed by atoms with van der Waals surface area (Å²) < 4.78 is 13.3. The van der Waals surface area contributed by atoms with E-state index >= 15 is 0 Å². The smallest absolute Gasteiger partial charge is 0.307 e. The van der Waals surface area contributed by atoms with E-state index in [-0.39, 0.29) is 5.91 Å². The molecule has 0 saturated heterocycles. The van der Waals surface area contributed by atoms with E-state index in [4.69, 9.17) is 0 Å². The molecular weight excluding hydrogens is 261 g/mol. The van der Waals surface area contributed by atoms with Crippen molar-refractivity contribution in [1.29, 1.82) is 0 Å². The molecule has 2 rings (SSSR count). The molecule has 5 heteroatoms. The van der Waals surface area contributed by atoms with Gasteiger partial charge < -0.3 is 10.0 Å². The van der Waals surface area contributed by atoms with Gasteiger partial charge in [0.05, 0.1) is 11.8 Å². The normalized spacial score (nSPS) is 21.7. The topological polar surface area (TPSA) is 57.6 Å². The SMILES string of the molecule is CCN(C(=O)[C@@H]1CCC[C@@H]1C(=O)O)c1cccc(F)c1. The van der Waals surface area contributed by atoms with Crippen molar-refractivity contribution in [1.82, 2.24) is 0 Å². The van der Waals surface area contributed by atoms with Crippen LogP contribution in [0.1, 0.15) is 26.2 Å². The lowest BCUT2D eigenvalue weighted by molar-refractivity contribution is -0.145. The number of halogens is 1. The largest absolute Gasteiger partial charge is 0.481 e. The second-order valence-electron chi connectivity index (χ2n) is 5.04. The molecule has 1 N–H and O–H groups in total. The lowest BCUT2D eigenvalue weighted by atomic mass is 9.94. The number of benzene rings is 1. The van der Waals surface area contributed by atoms with Crippen molar-refractivity contribution in [3.8, 4) is 0 Å². The van der Waals surface area contributed by atoms with Crippen LogP contribution in [0.25, 0.3) is 0 Å². The minimum absolute atomic E-state index is 0.219. The highest BCUT2D eigenvalue weighted by molar-refractivity contribution is 5.97. The summed E-state index contributed by atoms with van der Waals surface area (Å²) in [5.74, 6) is -2.67. The molecule has 1 amide bonds. The maximum atomic E-state index is 13.3. The fourth-order valence-corrected chi connectivity index (χ4v) is 2.86. The highest BCUT2D eigenvalue weighted by Crippen LogP contribution is 2.34. The first kappa shape index (κ1) is 14.5. The lowest BCUT2D eigenvalue weighted by Crippen LogP contribution is -2.39. The second kappa shape index (κ2) is 6.03. The lowest BCUT2D eigenvalue weighted by Gasteiger charge is -2.26. The maximum absolute atomic E-state index is 13.3. The van der Waals surface area contributed by atoms with Crippen LogP contribution >= 0.6 is 0 Å². The first-order valence-corrected chi connectivity index (χ1v) is 6.84. The number of anilines is 1. The van der Waals surface area contributed by atoms with Gasteiger partial charge in [-0.05, 0) is 38.0 Å². The molecule has 4 nitrogen and oxygen atoms in total. The third-order valence-electron chi connectivity index (χ3n) is 3.85. The Morgan fingerprint density at radius 1 is 1.35 bits per heavy atom. The van der Waals surface area contributed by atoms with Crippen LogP contribution in [0, 0.1) is 17.7 Å². The number of carbonyl (C=O) groups is 2. The molecule has 1 aliphatic rings. The second-order valence-corrected chi connectivity index (χ2v) is 5.04. The Hall–Kier alpha value is -1.91. The number of hydrogen-bond acceptors (Lipinski definition) is 2. The summed E-state index contributed by atoms with van der Waals surface area (Å²) in [5.41, 5.74) is 0.480. The van der Waals surface area contributed by atoms with Crippen LogP contribution in [-0.2, 0) is 9.59 Å². The maximum Gasteiger partial charge on any atom is 0.307 e. The van der Waals surface area contributed by atoms with Crippen molar-refractivity contribution >= 4 is 17.6 Å². The monoisotopic (exact) mass is 279 g/mol. The van der Waals surface area contributed by atoms with Crippen LogP contribution in [0.15, 0.2) is 24.3 Å². The highest BCUT2D eigenvalue weighted by atomic mass is 19.1. The van der Waals surface area contributed by atoms with Gasteiger partial charge in [0.25, 0.3) is 0 Å². The van der Waals surface area contributed by atoms with Crippen LogP contribution in [-0.4, -0.2) is 23.5 Å². The van der Waals surface area contributed by atoms with Gasteiger partial charge in [0, 0.05) is 12.2 Å². The van der Waals surface area contributed by atoms with Crippen molar-refractivity contribution < 1.29 is 19.1 Å². The number of nitrogens with zero attached hydrogens (tertiary/aromatic N) is 1. The van der Waals surface area contributed by atoms with Crippen molar-refractivity contribution in [2.24, 2.45) is 11.8 Å². The summed E-state index contributed by atoms with van der Waals surface area (Å²) in [7, 11) is 0. The fraction of sp³-hybridized carbons (Fsp3) is 0.467. The van der Waals surface area contributed by atoms with Crippen LogP contribution in [0.3, 0.4) is 0 Å². The summed E-state index contributed by atoms with van der Waals surface area (Å²) in [5, 5.41) is 9.17. The molecule has 1 aliphatic carbocycles. The summed E-state index contributed by atoms with van der Waals surface area (Å²) in [6.45, 7) is 2.19. The Bertz CT molecular complexity index is 518.